The zero-order valence-corrected chi connectivity index (χ0v) is 18.5. The first-order chi connectivity index (χ1) is 15.5. The molecule has 0 aliphatic heterocycles. The zero-order valence-electron chi connectivity index (χ0n) is 18.5. The van der Waals surface area contributed by atoms with Crippen LogP contribution in [0.4, 0.5) is 5.95 Å². The largest absolute Gasteiger partial charge is 0.480 e. The molecule has 4 aromatic rings. The highest BCUT2D eigenvalue weighted by Crippen LogP contribution is 2.35. The van der Waals surface area contributed by atoms with E-state index in [0.717, 1.165) is 53.5 Å². The number of rotatable bonds is 5. The highest BCUT2D eigenvalue weighted by atomic mass is 16.5. The number of fused-ring (bicyclic) bond motifs is 2. The number of carbonyl (C=O) groups is 1. The van der Waals surface area contributed by atoms with Crippen LogP contribution >= 0.6 is 0 Å². The van der Waals surface area contributed by atoms with Crippen LogP contribution in [0.5, 0.6) is 5.88 Å². The van der Waals surface area contributed by atoms with Gasteiger partial charge in [-0.25, -0.2) is 4.98 Å². The average Bonchev–Trinajstić information content (AvgIpc) is 3.45. The number of nitrogens with zero attached hydrogens (tertiary/aromatic N) is 5. The fourth-order valence-corrected chi connectivity index (χ4v) is 4.55. The van der Waals surface area contributed by atoms with Crippen molar-refractivity contribution in [3.8, 4) is 17.0 Å². The SMILES string of the molecule is COc1nc(N[C@H]2CC[C@@H](C(=O)N(C)C)CC2)nc2[nH]cc(-c3ccc4nccn4c3)c12. The van der Waals surface area contributed by atoms with Crippen LogP contribution < -0.4 is 10.1 Å². The van der Waals surface area contributed by atoms with Gasteiger partial charge in [0, 0.05) is 62.0 Å². The number of nitrogens with one attached hydrogen (secondary N) is 2. The van der Waals surface area contributed by atoms with E-state index in [2.05, 4.69) is 20.3 Å². The van der Waals surface area contributed by atoms with E-state index in [1.54, 1.807) is 18.2 Å². The van der Waals surface area contributed by atoms with Crippen LogP contribution in [-0.2, 0) is 4.79 Å². The summed E-state index contributed by atoms with van der Waals surface area (Å²) in [5.74, 6) is 1.39. The Morgan fingerprint density at radius 3 is 2.78 bits per heavy atom. The lowest BCUT2D eigenvalue weighted by Gasteiger charge is -2.29. The first-order valence-electron chi connectivity index (χ1n) is 10.9. The van der Waals surface area contributed by atoms with Gasteiger partial charge in [0.05, 0.1) is 12.5 Å². The smallest absolute Gasteiger partial charge is 0.228 e. The molecule has 0 aromatic carbocycles. The van der Waals surface area contributed by atoms with Crippen LogP contribution in [0.2, 0.25) is 0 Å². The van der Waals surface area contributed by atoms with E-state index in [1.165, 1.54) is 0 Å². The number of carbonyl (C=O) groups excluding carboxylic acids is 1. The standard InChI is InChI=1S/C23H27N7O2/c1-29(2)22(31)14-4-7-16(8-5-14)26-23-27-20-19(21(28-23)32-3)17(12-25-20)15-6-9-18-24-10-11-30(18)13-15/h6,9-14,16H,4-5,7-8H2,1-3H3,(H2,25,26,27,28)/t14-,16+. The van der Waals surface area contributed by atoms with Crippen molar-refractivity contribution < 1.29 is 9.53 Å². The van der Waals surface area contributed by atoms with Crippen molar-refractivity contribution in [3.63, 3.8) is 0 Å². The van der Waals surface area contributed by atoms with Gasteiger partial charge in [0.15, 0.2) is 0 Å². The minimum Gasteiger partial charge on any atom is -0.480 e. The van der Waals surface area contributed by atoms with Crippen molar-refractivity contribution in [3.05, 3.63) is 36.9 Å². The third-order valence-corrected chi connectivity index (χ3v) is 6.24. The molecule has 0 unspecified atom stereocenters. The summed E-state index contributed by atoms with van der Waals surface area (Å²) in [5, 5.41) is 4.29. The summed E-state index contributed by atoms with van der Waals surface area (Å²) in [7, 11) is 5.26. The summed E-state index contributed by atoms with van der Waals surface area (Å²) in [4.78, 5) is 30.8. The molecule has 0 atom stereocenters. The Kier molecular flexibility index (Phi) is 5.16. The molecule has 4 aromatic heterocycles. The molecule has 9 nitrogen and oxygen atoms in total. The summed E-state index contributed by atoms with van der Waals surface area (Å²) >= 11 is 0. The van der Waals surface area contributed by atoms with Gasteiger partial charge in [0.2, 0.25) is 17.7 Å². The molecule has 1 aliphatic rings. The maximum absolute atomic E-state index is 12.2. The molecular formula is C23H27N7O2. The number of methoxy groups -OCH3 is 1. The van der Waals surface area contributed by atoms with Crippen molar-refractivity contribution in [2.24, 2.45) is 5.92 Å². The minimum atomic E-state index is 0.111. The highest BCUT2D eigenvalue weighted by Gasteiger charge is 2.28. The molecular weight excluding hydrogens is 406 g/mol. The maximum atomic E-state index is 12.2. The monoisotopic (exact) mass is 433 g/mol. The lowest BCUT2D eigenvalue weighted by atomic mass is 9.85. The number of amides is 1. The number of aromatic amines is 1. The van der Waals surface area contributed by atoms with E-state index in [4.69, 9.17) is 9.72 Å². The van der Waals surface area contributed by atoms with Gasteiger partial charge >= 0.3 is 0 Å². The van der Waals surface area contributed by atoms with Crippen molar-refractivity contribution in [2.45, 2.75) is 31.7 Å². The number of aromatic nitrogens is 5. The number of hydrogen-bond acceptors (Lipinski definition) is 6. The first kappa shape index (κ1) is 20.3. The predicted octanol–water partition coefficient (Wildman–Crippen LogP) is 3.34. The van der Waals surface area contributed by atoms with Crippen molar-refractivity contribution in [1.82, 2.24) is 29.2 Å². The third kappa shape index (κ3) is 3.63. The van der Waals surface area contributed by atoms with E-state index in [9.17, 15) is 4.79 Å². The van der Waals surface area contributed by atoms with Gasteiger partial charge in [-0.1, -0.05) is 0 Å². The predicted molar refractivity (Wildman–Crippen MR) is 123 cm³/mol. The third-order valence-electron chi connectivity index (χ3n) is 6.24. The number of pyridine rings is 1. The second-order valence-corrected chi connectivity index (χ2v) is 8.52. The summed E-state index contributed by atoms with van der Waals surface area (Å²) in [6, 6.07) is 4.25. The molecule has 1 aliphatic carbocycles. The lowest BCUT2D eigenvalue weighted by molar-refractivity contribution is -0.133. The minimum absolute atomic E-state index is 0.111. The number of H-pyrrole nitrogens is 1. The van der Waals surface area contributed by atoms with E-state index in [-0.39, 0.29) is 17.9 Å². The van der Waals surface area contributed by atoms with E-state index >= 15 is 0 Å². The summed E-state index contributed by atoms with van der Waals surface area (Å²) < 4.78 is 7.63. The van der Waals surface area contributed by atoms with Gasteiger partial charge < -0.3 is 24.3 Å². The Bertz CT molecular complexity index is 1270. The van der Waals surface area contributed by atoms with Gasteiger partial charge in [0.1, 0.15) is 11.3 Å². The number of hydrogen-bond donors (Lipinski definition) is 2. The van der Waals surface area contributed by atoms with Crippen LogP contribution in [0.1, 0.15) is 25.7 Å². The Labute approximate surface area is 185 Å². The molecule has 166 valence electrons. The molecule has 1 amide bonds. The normalized spacial score (nSPS) is 18.7. The quantitative estimate of drug-likeness (QED) is 0.501. The molecule has 2 N–H and O–H groups in total. The first-order valence-corrected chi connectivity index (χ1v) is 10.9. The fourth-order valence-electron chi connectivity index (χ4n) is 4.55. The van der Waals surface area contributed by atoms with Crippen LogP contribution in [-0.4, -0.2) is 62.4 Å². The highest BCUT2D eigenvalue weighted by molar-refractivity contribution is 5.97. The van der Waals surface area contributed by atoms with Gasteiger partial charge in [0.25, 0.3) is 0 Å². The van der Waals surface area contributed by atoms with Crippen molar-refractivity contribution in [1.29, 1.82) is 0 Å². The molecule has 4 heterocycles. The van der Waals surface area contributed by atoms with Crippen LogP contribution in [0.15, 0.2) is 36.9 Å². The van der Waals surface area contributed by atoms with Crippen LogP contribution in [0.3, 0.4) is 0 Å². The van der Waals surface area contributed by atoms with Crippen LogP contribution in [0.25, 0.3) is 27.8 Å². The average molecular weight is 434 g/mol. The molecule has 1 fully saturated rings. The van der Waals surface area contributed by atoms with Gasteiger partial charge in [-0.3, -0.25) is 4.79 Å². The van der Waals surface area contributed by atoms with Crippen molar-refractivity contribution in [2.75, 3.05) is 26.5 Å². The van der Waals surface area contributed by atoms with Crippen LogP contribution in [0, 0.1) is 5.92 Å². The van der Waals surface area contributed by atoms with E-state index in [0.29, 0.717) is 11.8 Å². The Morgan fingerprint density at radius 2 is 2.03 bits per heavy atom. The second-order valence-electron chi connectivity index (χ2n) is 8.52. The van der Waals surface area contributed by atoms with E-state index in [1.807, 2.05) is 49.2 Å². The summed E-state index contributed by atoms with van der Waals surface area (Å²) in [6.07, 6.45) is 11.2. The Balaban J connectivity index is 1.39. The number of anilines is 1. The molecule has 0 radical (unpaired) electrons. The lowest BCUT2D eigenvalue weighted by Crippen LogP contribution is -2.35. The molecule has 0 saturated heterocycles. The molecule has 0 bridgehead atoms. The van der Waals surface area contributed by atoms with Gasteiger partial charge in [-0.15, -0.1) is 0 Å². The molecule has 5 rings (SSSR count). The molecule has 9 heteroatoms. The number of ether oxygens (including phenoxy) is 1. The number of imidazole rings is 1. The topological polar surface area (TPSA) is 100 Å². The summed E-state index contributed by atoms with van der Waals surface area (Å²) in [5.41, 5.74) is 3.61. The summed E-state index contributed by atoms with van der Waals surface area (Å²) in [6.45, 7) is 0. The molecule has 0 spiro atoms. The molecule has 1 saturated carbocycles. The zero-order chi connectivity index (χ0) is 22.2. The van der Waals surface area contributed by atoms with Crippen molar-refractivity contribution >= 4 is 28.5 Å². The van der Waals surface area contributed by atoms with Gasteiger partial charge in [-0.2, -0.15) is 9.97 Å². The Hall–Kier alpha value is -3.62. The molecule has 32 heavy (non-hydrogen) atoms. The maximum Gasteiger partial charge on any atom is 0.228 e. The fraction of sp³-hybridized carbons (Fsp3) is 0.391. The van der Waals surface area contributed by atoms with Gasteiger partial charge in [-0.05, 0) is 37.8 Å². The second kappa shape index (κ2) is 8.14. The Morgan fingerprint density at radius 1 is 1.22 bits per heavy atom. The van der Waals surface area contributed by atoms with E-state index < -0.39 is 0 Å².